The molecule has 0 aliphatic carbocycles. The summed E-state index contributed by atoms with van der Waals surface area (Å²) in [5.74, 6) is -7.98. The third-order valence-electron chi connectivity index (χ3n) is 17.4. The number of amides is 7. The van der Waals surface area contributed by atoms with Crippen LogP contribution in [0.5, 0.6) is 5.75 Å². The van der Waals surface area contributed by atoms with Crippen molar-refractivity contribution in [2.75, 3.05) is 47.4 Å². The minimum absolute atomic E-state index is 0.0645. The number of likely N-dealkylation sites (tertiary alicyclic amines) is 2. The summed E-state index contributed by atoms with van der Waals surface area (Å²) in [6.07, 6.45) is -2.30. The maximum absolute atomic E-state index is 15.0. The number of primary amides is 1. The molecule has 4 rings (SSSR count). The number of Topliss-reactive ketones (excluding diaryl/α,β-unsaturated/α-hetero) is 1. The number of rotatable bonds is 36. The first-order valence-corrected chi connectivity index (χ1v) is 31.9. The number of methoxy groups -OCH3 is 1. The number of aliphatic hydroxyl groups excluding tert-OH is 2. The number of aliphatic hydroxyl groups is 2. The zero-order valence-corrected chi connectivity index (χ0v) is 55.1. The van der Waals surface area contributed by atoms with Gasteiger partial charge in [0.1, 0.15) is 54.8 Å². The molecule has 24 heteroatoms. The van der Waals surface area contributed by atoms with Crippen LogP contribution in [0.25, 0.3) is 0 Å². The smallest absolute Gasteiger partial charge is 0.407 e. The van der Waals surface area contributed by atoms with Gasteiger partial charge in [0.2, 0.25) is 29.5 Å². The summed E-state index contributed by atoms with van der Waals surface area (Å²) in [6, 6.07) is 9.80. The van der Waals surface area contributed by atoms with Gasteiger partial charge >= 0.3 is 18.0 Å². The van der Waals surface area contributed by atoms with E-state index in [0.717, 1.165) is 12.0 Å². The van der Waals surface area contributed by atoms with Gasteiger partial charge in [-0.25, -0.2) is 4.79 Å². The van der Waals surface area contributed by atoms with Crippen LogP contribution in [-0.2, 0) is 70.4 Å². The zero-order valence-electron chi connectivity index (χ0n) is 55.1. The number of likely N-dealkylation sites (N-methyl/N-ethyl adjacent to an activating group) is 2. The molecule has 0 radical (unpaired) electrons. The molecular formula is C66H102N8O16. The average Bonchev–Trinajstić information content (AvgIpc) is 1.80. The van der Waals surface area contributed by atoms with Gasteiger partial charge in [-0.3, -0.25) is 48.1 Å². The number of nitrogens with two attached hydrogens (primary N) is 1. The number of esters is 2. The summed E-state index contributed by atoms with van der Waals surface area (Å²) in [7, 11) is 4.64. The van der Waals surface area contributed by atoms with Crippen LogP contribution in [0.2, 0.25) is 0 Å². The van der Waals surface area contributed by atoms with Crippen LogP contribution < -0.4 is 26.4 Å². The number of unbranched alkanes of at least 4 members (excludes halogenated alkanes) is 1. The fourth-order valence-corrected chi connectivity index (χ4v) is 11.4. The van der Waals surface area contributed by atoms with E-state index in [1.807, 2.05) is 65.0 Å². The molecule has 2 aromatic carbocycles. The van der Waals surface area contributed by atoms with E-state index in [-0.39, 0.29) is 76.2 Å². The molecule has 2 saturated heterocycles. The van der Waals surface area contributed by atoms with E-state index >= 15 is 4.79 Å². The van der Waals surface area contributed by atoms with Crippen molar-refractivity contribution in [3.63, 3.8) is 0 Å². The Morgan fingerprint density at radius 1 is 0.756 bits per heavy atom. The summed E-state index contributed by atoms with van der Waals surface area (Å²) in [5, 5.41) is 29.1. The van der Waals surface area contributed by atoms with Gasteiger partial charge in [-0.15, -0.1) is 0 Å². The molecule has 2 aliphatic rings. The van der Waals surface area contributed by atoms with Crippen molar-refractivity contribution >= 4 is 59.3 Å². The Labute approximate surface area is 531 Å². The quantitative estimate of drug-likeness (QED) is 0.0237. The zero-order chi connectivity index (χ0) is 67.1. The molecule has 7 amide bonds. The second kappa shape index (κ2) is 36.6. The lowest BCUT2D eigenvalue weighted by molar-refractivity contribution is -0.162. The molecule has 7 N–H and O–H groups in total. The Kier molecular flexibility index (Phi) is 30.6. The van der Waals surface area contributed by atoms with Gasteiger partial charge in [-0.1, -0.05) is 97.4 Å². The van der Waals surface area contributed by atoms with E-state index in [0.29, 0.717) is 49.8 Å². The third kappa shape index (κ3) is 22.3. The number of hydrogen-bond donors (Lipinski definition) is 6. The van der Waals surface area contributed by atoms with Crippen molar-refractivity contribution in [2.45, 2.75) is 207 Å². The van der Waals surface area contributed by atoms with Crippen molar-refractivity contribution in [2.24, 2.45) is 35.3 Å². The number of nitrogens with zero attached hydrogens (tertiary/aromatic N) is 4. The van der Waals surface area contributed by atoms with E-state index in [4.69, 9.17) is 24.7 Å². The lowest BCUT2D eigenvalue weighted by Crippen LogP contribution is -2.59. The molecular weight excluding hydrogens is 1160 g/mol. The molecule has 0 spiro atoms. The van der Waals surface area contributed by atoms with Crippen molar-refractivity contribution in [3.8, 4) is 5.75 Å². The predicted octanol–water partition coefficient (Wildman–Crippen LogP) is 4.46. The molecule has 0 unspecified atom stereocenters. The number of hydrogen-bond acceptors (Lipinski definition) is 17. The number of alkyl carbamates (subject to hydrolysis) is 1. The van der Waals surface area contributed by atoms with Crippen LogP contribution in [-0.4, -0.2) is 197 Å². The lowest BCUT2D eigenvalue weighted by atomic mass is 9.87. The minimum atomic E-state index is -1.57. The monoisotopic (exact) mass is 1260 g/mol. The van der Waals surface area contributed by atoms with Crippen molar-refractivity contribution in [1.29, 1.82) is 0 Å². The van der Waals surface area contributed by atoms with E-state index < -0.39 is 132 Å². The Hall–Kier alpha value is -7.18. The summed E-state index contributed by atoms with van der Waals surface area (Å²) < 4.78 is 22.5. The highest BCUT2D eigenvalue weighted by Gasteiger charge is 2.43. The molecule has 24 nitrogen and oxygen atoms in total. The van der Waals surface area contributed by atoms with Crippen LogP contribution >= 0.6 is 0 Å². The molecule has 90 heavy (non-hydrogen) atoms. The number of carbonyl (C=O) groups is 10. The topological polar surface area (TPSA) is 323 Å². The SMILES string of the molecule is CC[C@H](C)[C@@H](C)[C@@H](O)CC(=O)O[C@H](C(=O)[C@H](C)C(=O)N[C@@H](CCCCNC(=O)OCc1ccccc1)C(=O)N1CCC[C@H]1CN(C)[C@@H](Cc1ccc(OC)cc1)C(=O)O[C@H](C)[C@H](NC(=O)[C@@H](CC(C)C)N(C)C(=O)[C@@H]1CCCN1C(=O)[C@H](C)O)C(N)=O)C(C)C. The standard InChI is InChI=1S/C66H102N8O16/c1-14-41(6)42(7)54(76)36-55(77)90-58(40(4)5)57(78)43(8)60(80)69-50(25-18-19-31-68-66(86)88-38-47-22-16-15-17-23-47)63(83)73-32-20-24-48(73)37-71(11)53(35-46-27-29-49(87-13)30-28-46)65(85)89-45(10)56(59(67)79)70-61(81)52(34-39(2)3)72(12)64(84)51-26-21-33-74(51)62(82)44(9)75/h15-17,22-23,27-30,39-45,48,50-54,56,58,75-76H,14,18-21,24-26,31-38H2,1-13H3,(H2,67,79)(H,68,86)(H,69,80)(H,70,81)/t41-,42+,43-,44-,45+,48-,50-,51-,52+,53-,54-,56-,58-/m0/s1. The first-order chi connectivity index (χ1) is 42.5. The van der Waals surface area contributed by atoms with Gasteiger partial charge in [0.25, 0.3) is 5.91 Å². The highest BCUT2D eigenvalue weighted by Crippen LogP contribution is 2.27. The van der Waals surface area contributed by atoms with Crippen LogP contribution in [0.1, 0.15) is 145 Å². The summed E-state index contributed by atoms with van der Waals surface area (Å²) in [4.78, 5) is 144. The number of nitrogens with one attached hydrogen (secondary N) is 3. The van der Waals surface area contributed by atoms with Gasteiger partial charge in [-0.05, 0) is 133 Å². The fourth-order valence-electron chi connectivity index (χ4n) is 11.4. The van der Waals surface area contributed by atoms with Crippen LogP contribution in [0, 0.1) is 29.6 Å². The largest absolute Gasteiger partial charge is 0.497 e. The maximum atomic E-state index is 15.0. The van der Waals surface area contributed by atoms with Gasteiger partial charge in [0.15, 0.2) is 11.9 Å². The van der Waals surface area contributed by atoms with Crippen LogP contribution in [0.4, 0.5) is 4.79 Å². The van der Waals surface area contributed by atoms with Gasteiger partial charge in [-0.2, -0.15) is 0 Å². The first-order valence-electron chi connectivity index (χ1n) is 31.9. The van der Waals surface area contributed by atoms with Crippen molar-refractivity contribution in [3.05, 3.63) is 65.7 Å². The van der Waals surface area contributed by atoms with E-state index in [2.05, 4.69) is 16.0 Å². The fraction of sp³-hybridized carbons (Fsp3) is 0.667. The molecule has 2 aliphatic heterocycles. The van der Waals surface area contributed by atoms with E-state index in [1.165, 1.54) is 44.7 Å². The lowest BCUT2D eigenvalue weighted by Gasteiger charge is -2.36. The highest BCUT2D eigenvalue weighted by molar-refractivity contribution is 6.05. The van der Waals surface area contributed by atoms with E-state index in [1.54, 1.807) is 55.0 Å². The molecule has 13 atom stereocenters. The molecule has 0 aromatic heterocycles. The Morgan fingerprint density at radius 2 is 1.40 bits per heavy atom. The summed E-state index contributed by atoms with van der Waals surface area (Å²) in [5.41, 5.74) is 7.43. The normalized spacial score (nSPS) is 18.6. The number of benzene rings is 2. The Balaban J connectivity index is 1.57. The van der Waals surface area contributed by atoms with Crippen LogP contribution in [0.3, 0.4) is 0 Å². The van der Waals surface area contributed by atoms with Crippen LogP contribution in [0.15, 0.2) is 54.6 Å². The molecule has 2 fully saturated rings. The summed E-state index contributed by atoms with van der Waals surface area (Å²) >= 11 is 0. The highest BCUT2D eigenvalue weighted by atomic mass is 16.6. The van der Waals surface area contributed by atoms with E-state index in [9.17, 15) is 53.4 Å². The Bertz CT molecular complexity index is 2700. The third-order valence-corrected chi connectivity index (χ3v) is 17.4. The number of ketones is 1. The summed E-state index contributed by atoms with van der Waals surface area (Å²) in [6.45, 7) is 17.8. The second-order valence-corrected chi connectivity index (χ2v) is 25.2. The second-order valence-electron chi connectivity index (χ2n) is 25.2. The molecule has 0 bridgehead atoms. The van der Waals surface area contributed by atoms with Crippen molar-refractivity contribution < 1.29 is 77.1 Å². The Morgan fingerprint density at radius 3 is 2.00 bits per heavy atom. The van der Waals surface area contributed by atoms with Gasteiger partial charge in [0.05, 0.1) is 25.6 Å². The predicted molar refractivity (Wildman–Crippen MR) is 336 cm³/mol. The molecule has 0 saturated carbocycles. The molecule has 2 heterocycles. The maximum Gasteiger partial charge on any atom is 0.407 e. The van der Waals surface area contributed by atoms with Gasteiger partial charge < -0.3 is 65.5 Å². The molecule has 2 aromatic rings. The number of ether oxygens (including phenoxy) is 4. The minimum Gasteiger partial charge on any atom is -0.497 e. The number of carbonyl (C=O) groups excluding carboxylic acids is 10. The average molecular weight is 1260 g/mol. The molecule has 502 valence electrons. The van der Waals surface area contributed by atoms with Gasteiger partial charge in [0, 0.05) is 39.3 Å². The first kappa shape index (κ1) is 75.3. The van der Waals surface area contributed by atoms with Crippen molar-refractivity contribution in [1.82, 2.24) is 35.6 Å².